The van der Waals surface area contributed by atoms with Crippen LogP contribution in [0.5, 0.6) is 0 Å². The molecule has 2 amide bonds. The number of hydrogen-bond acceptors (Lipinski definition) is 4. The van der Waals surface area contributed by atoms with E-state index < -0.39 is 22.8 Å². The number of nitrogens with one attached hydrogen (secondary N) is 1. The maximum absolute atomic E-state index is 11.7. The van der Waals surface area contributed by atoms with E-state index in [1.807, 2.05) is 0 Å². The van der Waals surface area contributed by atoms with E-state index in [1.54, 1.807) is 13.8 Å². The molecule has 6 nitrogen and oxygen atoms in total. The van der Waals surface area contributed by atoms with Crippen LogP contribution in [0.2, 0.25) is 0 Å². The van der Waals surface area contributed by atoms with Crippen LogP contribution in [0.25, 0.3) is 0 Å². The first kappa shape index (κ1) is 11.3. The predicted octanol–water partition coefficient (Wildman–Crippen LogP) is -0.752. The number of aliphatic carboxylic acids is 1. The van der Waals surface area contributed by atoms with Crippen LogP contribution in [0, 0.1) is 0 Å². The highest BCUT2D eigenvalue weighted by molar-refractivity contribution is 8.01. The van der Waals surface area contributed by atoms with Gasteiger partial charge in [-0.2, -0.15) is 0 Å². The van der Waals surface area contributed by atoms with E-state index in [9.17, 15) is 14.4 Å². The summed E-state index contributed by atoms with van der Waals surface area (Å²) in [6, 6.07) is -1.40. The molecule has 2 fully saturated rings. The van der Waals surface area contributed by atoms with Crippen LogP contribution >= 0.6 is 11.8 Å². The van der Waals surface area contributed by atoms with Crippen molar-refractivity contribution < 1.29 is 19.5 Å². The van der Waals surface area contributed by atoms with Crippen LogP contribution in [0.3, 0.4) is 0 Å². The normalized spacial score (nSPS) is 35.2. The third-order valence-corrected chi connectivity index (χ3v) is 4.49. The molecule has 2 heterocycles. The summed E-state index contributed by atoms with van der Waals surface area (Å²) in [4.78, 5) is 34.4. The van der Waals surface area contributed by atoms with E-state index in [1.165, 1.54) is 16.7 Å². The molecule has 0 bridgehead atoms. The Bertz CT molecular complexity index is 371. The Morgan fingerprint density at radius 1 is 1.62 bits per heavy atom. The van der Waals surface area contributed by atoms with Crippen molar-refractivity contribution in [1.29, 1.82) is 0 Å². The Morgan fingerprint density at radius 2 is 2.25 bits per heavy atom. The SMILES string of the molecule is CC1(C)S[C@@H]2[C@@H](NC=O)C(=O)N2[C@H]1C(=O)O. The van der Waals surface area contributed by atoms with Crippen LogP contribution in [0.15, 0.2) is 0 Å². The molecule has 0 aromatic heterocycles. The number of fused-ring (bicyclic) bond motifs is 1. The van der Waals surface area contributed by atoms with Crippen molar-refractivity contribution in [3.8, 4) is 0 Å². The molecule has 2 saturated heterocycles. The Morgan fingerprint density at radius 3 is 2.75 bits per heavy atom. The topological polar surface area (TPSA) is 86.7 Å². The van der Waals surface area contributed by atoms with Gasteiger partial charge in [-0.15, -0.1) is 11.8 Å². The lowest BCUT2D eigenvalue weighted by atomic mass is 9.96. The van der Waals surface area contributed by atoms with Gasteiger partial charge in [0.2, 0.25) is 12.3 Å². The summed E-state index contributed by atoms with van der Waals surface area (Å²) in [6.07, 6.45) is 0.474. The highest BCUT2D eigenvalue weighted by Gasteiger charge is 2.63. The van der Waals surface area contributed by atoms with E-state index in [2.05, 4.69) is 5.32 Å². The lowest BCUT2D eigenvalue weighted by Crippen LogP contribution is -2.69. The van der Waals surface area contributed by atoms with E-state index in [4.69, 9.17) is 5.11 Å². The first-order chi connectivity index (χ1) is 7.40. The zero-order valence-corrected chi connectivity index (χ0v) is 9.65. The van der Waals surface area contributed by atoms with Crippen molar-refractivity contribution in [2.24, 2.45) is 0 Å². The average Bonchev–Trinajstić information content (AvgIpc) is 2.43. The Balaban J connectivity index is 2.24. The standard InChI is InChI=1S/C9H12N2O4S/c1-9(2)5(8(14)15)11-6(13)4(10-3-12)7(11)16-9/h3-5,7H,1-2H3,(H,10,12)(H,14,15)/t4-,5-,7+/m0/s1. The second kappa shape index (κ2) is 3.38. The second-order valence-corrected chi connectivity index (χ2v) is 6.13. The second-order valence-electron chi connectivity index (χ2n) is 4.36. The lowest BCUT2D eigenvalue weighted by molar-refractivity contribution is -0.160. The molecule has 7 heteroatoms. The molecule has 2 N–H and O–H groups in total. The van der Waals surface area contributed by atoms with E-state index in [0.717, 1.165) is 0 Å². The zero-order chi connectivity index (χ0) is 12.1. The Labute approximate surface area is 96.4 Å². The van der Waals surface area contributed by atoms with Gasteiger partial charge in [0.1, 0.15) is 17.5 Å². The molecular formula is C9H12N2O4S. The molecule has 2 rings (SSSR count). The largest absolute Gasteiger partial charge is 0.480 e. The van der Waals surface area contributed by atoms with Crippen LogP contribution in [-0.2, 0) is 14.4 Å². The van der Waals surface area contributed by atoms with Crippen molar-refractivity contribution >= 4 is 30.0 Å². The minimum atomic E-state index is -1.00. The number of rotatable bonds is 3. The quantitative estimate of drug-likeness (QED) is 0.504. The molecule has 0 spiro atoms. The lowest BCUT2D eigenvalue weighted by Gasteiger charge is -2.42. The van der Waals surface area contributed by atoms with Gasteiger partial charge in [0, 0.05) is 4.75 Å². The van der Waals surface area contributed by atoms with Gasteiger partial charge in [0.15, 0.2) is 0 Å². The van der Waals surface area contributed by atoms with Gasteiger partial charge < -0.3 is 15.3 Å². The fraction of sp³-hybridized carbons (Fsp3) is 0.667. The highest BCUT2D eigenvalue weighted by atomic mass is 32.2. The van der Waals surface area contributed by atoms with Crippen LogP contribution < -0.4 is 5.32 Å². The zero-order valence-electron chi connectivity index (χ0n) is 8.84. The van der Waals surface area contributed by atoms with Crippen molar-refractivity contribution in [3.05, 3.63) is 0 Å². The highest BCUT2D eigenvalue weighted by Crippen LogP contribution is 2.50. The number of carboxylic acids is 1. The first-order valence-electron chi connectivity index (χ1n) is 4.82. The maximum atomic E-state index is 11.7. The van der Waals surface area contributed by atoms with E-state index in [-0.39, 0.29) is 11.3 Å². The van der Waals surface area contributed by atoms with E-state index >= 15 is 0 Å². The molecule has 0 aromatic carbocycles. The molecule has 88 valence electrons. The van der Waals surface area contributed by atoms with Crippen molar-refractivity contribution in [3.63, 3.8) is 0 Å². The summed E-state index contributed by atoms with van der Waals surface area (Å²) in [5.41, 5.74) is 0. The predicted molar refractivity (Wildman–Crippen MR) is 56.7 cm³/mol. The summed E-state index contributed by atoms with van der Waals surface area (Å²) >= 11 is 1.41. The number of β-lactam (4-membered cyclic amide) rings is 1. The minimum absolute atomic E-state index is 0.256. The smallest absolute Gasteiger partial charge is 0.327 e. The third kappa shape index (κ3) is 1.31. The number of hydrogen-bond donors (Lipinski definition) is 2. The molecule has 3 atom stereocenters. The first-order valence-corrected chi connectivity index (χ1v) is 5.70. The monoisotopic (exact) mass is 244 g/mol. The van der Waals surface area contributed by atoms with Crippen molar-refractivity contribution in [2.45, 2.75) is 36.1 Å². The minimum Gasteiger partial charge on any atom is -0.480 e. The number of carboxylic acid groups (broad SMARTS) is 1. The van der Waals surface area contributed by atoms with Gasteiger partial charge in [0.25, 0.3) is 0 Å². The molecule has 0 saturated carbocycles. The molecular weight excluding hydrogens is 232 g/mol. The number of carbonyl (C=O) groups excluding carboxylic acids is 2. The summed E-state index contributed by atoms with van der Waals surface area (Å²) in [5.74, 6) is -1.32. The number of nitrogens with zero attached hydrogens (tertiary/aromatic N) is 1. The van der Waals surface area contributed by atoms with Gasteiger partial charge in [-0.25, -0.2) is 4.79 Å². The Hall–Kier alpha value is -1.24. The van der Waals surface area contributed by atoms with Gasteiger partial charge >= 0.3 is 5.97 Å². The molecule has 2 aliphatic rings. The van der Waals surface area contributed by atoms with Gasteiger partial charge in [-0.05, 0) is 13.8 Å². The molecule has 0 aliphatic carbocycles. The molecule has 2 aliphatic heterocycles. The number of thioether (sulfide) groups is 1. The summed E-state index contributed by atoms with van der Waals surface area (Å²) in [5, 5.41) is 11.3. The summed E-state index contributed by atoms with van der Waals surface area (Å²) in [7, 11) is 0. The van der Waals surface area contributed by atoms with Crippen LogP contribution in [0.4, 0.5) is 0 Å². The fourth-order valence-corrected chi connectivity index (χ4v) is 3.88. The van der Waals surface area contributed by atoms with Crippen LogP contribution in [-0.4, -0.2) is 50.5 Å². The van der Waals surface area contributed by atoms with Crippen molar-refractivity contribution in [1.82, 2.24) is 10.2 Å². The number of carbonyl (C=O) groups is 3. The fourth-order valence-electron chi connectivity index (χ4n) is 2.24. The maximum Gasteiger partial charge on any atom is 0.327 e. The molecule has 16 heavy (non-hydrogen) atoms. The van der Waals surface area contributed by atoms with Gasteiger partial charge in [-0.1, -0.05) is 0 Å². The third-order valence-electron chi connectivity index (χ3n) is 2.92. The summed E-state index contributed by atoms with van der Waals surface area (Å²) in [6.45, 7) is 3.58. The van der Waals surface area contributed by atoms with Gasteiger partial charge in [-0.3, -0.25) is 9.59 Å². The molecule has 0 aromatic rings. The molecule has 0 unspecified atom stereocenters. The van der Waals surface area contributed by atoms with E-state index in [0.29, 0.717) is 6.41 Å². The van der Waals surface area contributed by atoms with Crippen LogP contribution in [0.1, 0.15) is 13.8 Å². The number of amides is 2. The molecule has 0 radical (unpaired) electrons. The summed E-state index contributed by atoms with van der Waals surface area (Å²) < 4.78 is -0.536. The average molecular weight is 244 g/mol. The van der Waals surface area contributed by atoms with Crippen molar-refractivity contribution in [2.75, 3.05) is 0 Å². The Kier molecular flexibility index (Phi) is 2.37. The van der Waals surface area contributed by atoms with Gasteiger partial charge in [0.05, 0.1) is 0 Å².